The van der Waals surface area contributed by atoms with E-state index in [1.807, 2.05) is 30.3 Å². The van der Waals surface area contributed by atoms with Crippen molar-refractivity contribution in [1.29, 1.82) is 5.26 Å². The van der Waals surface area contributed by atoms with Crippen molar-refractivity contribution in [2.24, 2.45) is 0 Å². The molecule has 0 aromatic heterocycles. The van der Waals surface area contributed by atoms with E-state index in [9.17, 15) is 23.6 Å². The van der Waals surface area contributed by atoms with Gasteiger partial charge in [0.2, 0.25) is 10.0 Å². The maximum Gasteiger partial charge on any atom is 0.335 e. The Morgan fingerprint density at radius 1 is 1.03 bits per heavy atom. The van der Waals surface area contributed by atoms with E-state index in [0.29, 0.717) is 23.1 Å². The van der Waals surface area contributed by atoms with Crippen LogP contribution in [0.1, 0.15) is 33.1 Å². The Morgan fingerprint density at radius 3 is 1.97 bits per heavy atom. The maximum atomic E-state index is 12.8. The highest BCUT2D eigenvalue weighted by Gasteiger charge is 2.41. The van der Waals surface area contributed by atoms with E-state index in [1.54, 1.807) is 24.3 Å². The normalized spacial score (nSPS) is 14.4. The number of nitriles is 1. The summed E-state index contributed by atoms with van der Waals surface area (Å²) in [5.74, 6) is -1.24. The fourth-order valence-electron chi connectivity index (χ4n) is 4.35. The largest absolute Gasteiger partial charge is 0.478 e. The lowest BCUT2D eigenvalue weighted by Gasteiger charge is -2.48. The van der Waals surface area contributed by atoms with Gasteiger partial charge in [0, 0.05) is 23.1 Å². The maximum absolute atomic E-state index is 12.8. The van der Waals surface area contributed by atoms with Crippen molar-refractivity contribution in [2.45, 2.75) is 12.1 Å². The van der Waals surface area contributed by atoms with Crippen LogP contribution in [-0.4, -0.2) is 49.8 Å². The molecule has 0 bridgehead atoms. The van der Waals surface area contributed by atoms with Gasteiger partial charge < -0.3 is 5.11 Å². The monoisotopic (exact) mass is 529 g/mol. The number of rotatable bonds is 7. The number of hydrogen-bond donors (Lipinski definition) is 1. The number of sulfonamides is 1. The average Bonchev–Trinajstić information content (AvgIpc) is 2.78. The lowest BCUT2D eigenvalue weighted by molar-refractivity contribution is 0.0696. The summed E-state index contributed by atoms with van der Waals surface area (Å²) >= 11 is 12.2. The van der Waals surface area contributed by atoms with Crippen molar-refractivity contribution < 1.29 is 18.3 Å². The molecule has 1 aliphatic rings. The zero-order chi connectivity index (χ0) is 25.3. The van der Waals surface area contributed by atoms with Gasteiger partial charge in [-0.15, -0.1) is 0 Å². The molecule has 7 nitrogen and oxygen atoms in total. The average molecular weight is 530 g/mol. The minimum atomic E-state index is -3.77. The first-order valence-corrected chi connectivity index (χ1v) is 13.2. The van der Waals surface area contributed by atoms with Gasteiger partial charge in [-0.05, 0) is 53.6 Å². The van der Waals surface area contributed by atoms with E-state index in [2.05, 4.69) is 4.90 Å². The fraction of sp³-hybridized carbons (Fsp3) is 0.200. The molecule has 0 amide bonds. The van der Waals surface area contributed by atoms with Crippen LogP contribution < -0.4 is 4.31 Å². The number of carboxylic acid groups (broad SMARTS) is 1. The summed E-state index contributed by atoms with van der Waals surface area (Å²) in [6, 6.07) is 20.1. The molecule has 1 fully saturated rings. The quantitative estimate of drug-likeness (QED) is 0.471. The molecule has 4 rings (SSSR count). The molecule has 1 aliphatic heterocycles. The Kier molecular flexibility index (Phi) is 7.06. The zero-order valence-electron chi connectivity index (χ0n) is 18.6. The molecule has 3 aromatic rings. The number of carboxylic acids is 1. The number of likely N-dealkylation sites (tertiary alicyclic amines) is 1. The number of nitrogens with zero attached hydrogens (tertiary/aromatic N) is 3. The third-order valence-electron chi connectivity index (χ3n) is 5.86. The van der Waals surface area contributed by atoms with Crippen LogP contribution in [0.15, 0.2) is 66.7 Å². The molecule has 1 saturated heterocycles. The highest BCUT2D eigenvalue weighted by Crippen LogP contribution is 2.37. The van der Waals surface area contributed by atoms with Crippen LogP contribution in [0, 0.1) is 11.3 Å². The molecule has 180 valence electrons. The second kappa shape index (κ2) is 9.88. The second-order valence-electron chi connectivity index (χ2n) is 8.36. The number of hydrogen-bond acceptors (Lipinski definition) is 5. The Hall–Kier alpha value is -3.09. The molecule has 0 aliphatic carbocycles. The van der Waals surface area contributed by atoms with E-state index in [0.717, 1.165) is 17.4 Å². The predicted octanol–water partition coefficient (Wildman–Crippen LogP) is 4.80. The smallest absolute Gasteiger partial charge is 0.335 e. The lowest BCUT2D eigenvalue weighted by atomic mass is 9.93. The van der Waals surface area contributed by atoms with Crippen LogP contribution >= 0.6 is 23.2 Å². The Bertz CT molecular complexity index is 1350. The van der Waals surface area contributed by atoms with Crippen molar-refractivity contribution in [2.75, 3.05) is 23.7 Å². The molecule has 10 heteroatoms. The van der Waals surface area contributed by atoms with Crippen molar-refractivity contribution in [3.8, 4) is 6.07 Å². The molecule has 1 heterocycles. The van der Waals surface area contributed by atoms with Crippen molar-refractivity contribution >= 4 is 44.9 Å². The first kappa shape index (κ1) is 25.0. The highest BCUT2D eigenvalue weighted by atomic mass is 35.5. The Morgan fingerprint density at radius 2 is 1.54 bits per heavy atom. The van der Waals surface area contributed by atoms with Crippen LogP contribution in [0.25, 0.3) is 0 Å². The van der Waals surface area contributed by atoms with Gasteiger partial charge in [-0.1, -0.05) is 47.5 Å². The van der Waals surface area contributed by atoms with Gasteiger partial charge in [-0.2, -0.15) is 5.26 Å². The molecular formula is C25H21Cl2N3O4S. The van der Waals surface area contributed by atoms with Gasteiger partial charge in [-0.25, -0.2) is 13.2 Å². The van der Waals surface area contributed by atoms with Gasteiger partial charge in [-0.3, -0.25) is 9.21 Å². The van der Waals surface area contributed by atoms with Crippen LogP contribution in [0.4, 0.5) is 5.69 Å². The molecule has 3 aromatic carbocycles. The van der Waals surface area contributed by atoms with Crippen molar-refractivity contribution in [3.05, 3.63) is 99.0 Å². The summed E-state index contributed by atoms with van der Waals surface area (Å²) in [5.41, 5.74) is 2.05. The number of halogens is 2. The van der Waals surface area contributed by atoms with E-state index in [1.165, 1.54) is 22.5 Å². The SMILES string of the molecule is CS(=O)(=O)N(c1cc(C#N)cc(C(=O)O)c1)C1CN(C(c2ccc(Cl)cc2)c2ccc(Cl)cc2)C1. The minimum absolute atomic E-state index is 0.0740. The Balaban J connectivity index is 1.68. The third-order valence-corrected chi connectivity index (χ3v) is 7.59. The van der Waals surface area contributed by atoms with Gasteiger partial charge in [0.05, 0.1) is 41.2 Å². The van der Waals surface area contributed by atoms with Gasteiger partial charge in [0.25, 0.3) is 0 Å². The lowest BCUT2D eigenvalue weighted by Crippen LogP contribution is -2.61. The van der Waals surface area contributed by atoms with Crippen LogP contribution in [0.2, 0.25) is 10.0 Å². The summed E-state index contributed by atoms with van der Waals surface area (Å²) in [7, 11) is -3.77. The first-order chi connectivity index (χ1) is 16.6. The molecule has 1 N–H and O–H groups in total. The second-order valence-corrected chi connectivity index (χ2v) is 11.1. The first-order valence-electron chi connectivity index (χ1n) is 10.6. The van der Waals surface area contributed by atoms with E-state index in [4.69, 9.17) is 23.2 Å². The van der Waals surface area contributed by atoms with Gasteiger partial charge >= 0.3 is 5.97 Å². The zero-order valence-corrected chi connectivity index (χ0v) is 20.9. The summed E-state index contributed by atoms with van der Waals surface area (Å²) in [6.45, 7) is 0.782. The van der Waals surface area contributed by atoms with E-state index < -0.39 is 22.0 Å². The van der Waals surface area contributed by atoms with E-state index >= 15 is 0 Å². The van der Waals surface area contributed by atoms with Crippen molar-refractivity contribution in [1.82, 2.24) is 4.90 Å². The fourth-order valence-corrected chi connectivity index (χ4v) is 5.77. The summed E-state index contributed by atoms with van der Waals surface area (Å²) in [6.07, 6.45) is 1.07. The third kappa shape index (κ3) is 5.44. The Labute approximate surface area is 213 Å². The molecule has 0 radical (unpaired) electrons. The number of anilines is 1. The number of benzene rings is 3. The summed E-state index contributed by atoms with van der Waals surface area (Å²) in [5, 5.41) is 20.0. The van der Waals surface area contributed by atoms with Gasteiger partial charge in [0.1, 0.15) is 0 Å². The predicted molar refractivity (Wildman–Crippen MR) is 136 cm³/mol. The summed E-state index contributed by atoms with van der Waals surface area (Å²) in [4.78, 5) is 13.7. The molecule has 35 heavy (non-hydrogen) atoms. The van der Waals surface area contributed by atoms with Crippen LogP contribution in [0.3, 0.4) is 0 Å². The van der Waals surface area contributed by atoms with E-state index in [-0.39, 0.29) is 22.9 Å². The molecule has 0 unspecified atom stereocenters. The molecule has 0 atom stereocenters. The molecule has 0 spiro atoms. The van der Waals surface area contributed by atoms with Crippen LogP contribution in [-0.2, 0) is 10.0 Å². The minimum Gasteiger partial charge on any atom is -0.478 e. The van der Waals surface area contributed by atoms with Crippen molar-refractivity contribution in [3.63, 3.8) is 0 Å². The van der Waals surface area contributed by atoms with Crippen LogP contribution in [0.5, 0.6) is 0 Å². The van der Waals surface area contributed by atoms with Gasteiger partial charge in [0.15, 0.2) is 0 Å². The molecule has 0 saturated carbocycles. The topological polar surface area (TPSA) is 102 Å². The number of aromatic carboxylic acids is 1. The number of carbonyl (C=O) groups is 1. The molecular weight excluding hydrogens is 509 g/mol. The summed E-state index contributed by atoms with van der Waals surface area (Å²) < 4.78 is 26.8. The standard InChI is InChI=1S/C25H21Cl2N3O4S/c1-35(33,34)30(22-11-16(13-28)10-19(12-22)25(31)32)23-14-29(15-23)24(17-2-6-20(26)7-3-17)18-4-8-21(27)9-5-18/h2-12,23-24H,14-15H2,1H3,(H,31,32). The highest BCUT2D eigenvalue weighted by molar-refractivity contribution is 7.92.